The molecular formula is C24H27NO6. The zero-order valence-electron chi connectivity index (χ0n) is 18.1. The first-order valence-electron chi connectivity index (χ1n) is 10.1. The minimum atomic E-state index is -0.710. The van der Waals surface area contributed by atoms with Crippen LogP contribution in [0.3, 0.4) is 0 Å². The first-order valence-corrected chi connectivity index (χ1v) is 10.1. The van der Waals surface area contributed by atoms with Crippen molar-refractivity contribution in [2.24, 2.45) is 0 Å². The lowest BCUT2D eigenvalue weighted by Gasteiger charge is -2.17. The standard InChI is InChI=1S/C24H27NO6/c1-15(2)29-13-19-18-10-6-8-12-21(18)31-23(19)24(27)30-14-22(26)25-16(3)17-9-5-7-11-20(17)28-4/h5-12,15-16H,13-14H2,1-4H3,(H,25,26). The van der Waals surface area contributed by atoms with Gasteiger partial charge in [-0.05, 0) is 32.9 Å². The summed E-state index contributed by atoms with van der Waals surface area (Å²) in [4.78, 5) is 25.0. The Bertz CT molecular complexity index is 1060. The molecule has 1 unspecified atom stereocenters. The van der Waals surface area contributed by atoms with Crippen LogP contribution in [0.5, 0.6) is 5.75 Å². The number of nitrogens with one attached hydrogen (secondary N) is 1. The van der Waals surface area contributed by atoms with Crippen molar-refractivity contribution in [3.05, 3.63) is 65.4 Å². The van der Waals surface area contributed by atoms with E-state index in [4.69, 9.17) is 18.6 Å². The average molecular weight is 425 g/mol. The largest absolute Gasteiger partial charge is 0.496 e. The molecule has 0 spiro atoms. The van der Waals surface area contributed by atoms with Crippen LogP contribution in [0.4, 0.5) is 0 Å². The predicted octanol–water partition coefficient (Wildman–Crippen LogP) is 4.40. The number of benzene rings is 2. The lowest BCUT2D eigenvalue weighted by Crippen LogP contribution is -2.31. The molecule has 1 atom stereocenters. The number of hydrogen-bond donors (Lipinski definition) is 1. The number of ether oxygens (including phenoxy) is 3. The normalized spacial score (nSPS) is 12.0. The van der Waals surface area contributed by atoms with E-state index in [-0.39, 0.29) is 24.5 Å². The van der Waals surface area contributed by atoms with Gasteiger partial charge in [-0.2, -0.15) is 0 Å². The number of amides is 1. The van der Waals surface area contributed by atoms with Gasteiger partial charge in [0.1, 0.15) is 11.3 Å². The third-order valence-electron chi connectivity index (χ3n) is 4.76. The maximum absolute atomic E-state index is 12.7. The van der Waals surface area contributed by atoms with E-state index in [1.54, 1.807) is 13.2 Å². The van der Waals surface area contributed by atoms with E-state index in [1.165, 1.54) is 0 Å². The summed E-state index contributed by atoms with van der Waals surface area (Å²) in [5.74, 6) is -0.418. The smallest absolute Gasteiger partial charge is 0.375 e. The molecule has 1 heterocycles. The van der Waals surface area contributed by atoms with E-state index >= 15 is 0 Å². The van der Waals surface area contributed by atoms with Crippen LogP contribution in [0.1, 0.15) is 48.5 Å². The Morgan fingerprint density at radius 3 is 2.48 bits per heavy atom. The molecule has 7 nitrogen and oxygen atoms in total. The molecule has 3 aromatic rings. The van der Waals surface area contributed by atoms with Gasteiger partial charge in [0, 0.05) is 16.5 Å². The highest BCUT2D eigenvalue weighted by molar-refractivity contribution is 5.96. The topological polar surface area (TPSA) is 87.0 Å². The van der Waals surface area contributed by atoms with Crippen molar-refractivity contribution in [1.82, 2.24) is 5.32 Å². The van der Waals surface area contributed by atoms with Crippen LogP contribution in [-0.2, 0) is 20.9 Å². The molecule has 0 aliphatic carbocycles. The van der Waals surface area contributed by atoms with Gasteiger partial charge in [0.15, 0.2) is 6.61 Å². The average Bonchev–Trinajstić information content (AvgIpc) is 3.14. The number of hydrogen-bond acceptors (Lipinski definition) is 6. The van der Waals surface area contributed by atoms with Gasteiger partial charge in [0.2, 0.25) is 5.76 Å². The molecule has 7 heteroatoms. The fourth-order valence-corrected chi connectivity index (χ4v) is 3.24. The van der Waals surface area contributed by atoms with Crippen LogP contribution in [0, 0.1) is 0 Å². The molecule has 0 radical (unpaired) electrons. The molecular weight excluding hydrogens is 398 g/mol. The van der Waals surface area contributed by atoms with Gasteiger partial charge in [0.25, 0.3) is 5.91 Å². The molecule has 31 heavy (non-hydrogen) atoms. The number of carbonyl (C=O) groups excluding carboxylic acids is 2. The Morgan fingerprint density at radius 1 is 1.03 bits per heavy atom. The van der Waals surface area contributed by atoms with Crippen LogP contribution in [0.2, 0.25) is 0 Å². The Balaban J connectivity index is 1.67. The second-order valence-corrected chi connectivity index (χ2v) is 7.37. The van der Waals surface area contributed by atoms with Gasteiger partial charge in [-0.1, -0.05) is 36.4 Å². The first-order chi connectivity index (χ1) is 14.9. The van der Waals surface area contributed by atoms with E-state index < -0.39 is 18.5 Å². The summed E-state index contributed by atoms with van der Waals surface area (Å²) in [6.45, 7) is 5.43. The van der Waals surface area contributed by atoms with Crippen LogP contribution in [0.15, 0.2) is 52.9 Å². The molecule has 0 saturated heterocycles. The second-order valence-electron chi connectivity index (χ2n) is 7.37. The van der Waals surface area contributed by atoms with Crippen LogP contribution < -0.4 is 10.1 Å². The van der Waals surface area contributed by atoms with E-state index in [0.29, 0.717) is 16.9 Å². The second kappa shape index (κ2) is 10.1. The Morgan fingerprint density at radius 2 is 1.74 bits per heavy atom. The highest BCUT2D eigenvalue weighted by Crippen LogP contribution is 2.28. The summed E-state index contributed by atoms with van der Waals surface area (Å²) < 4.78 is 21.9. The fourth-order valence-electron chi connectivity index (χ4n) is 3.24. The molecule has 164 valence electrons. The van der Waals surface area contributed by atoms with E-state index in [0.717, 1.165) is 10.9 Å². The quantitative estimate of drug-likeness (QED) is 0.511. The third-order valence-corrected chi connectivity index (χ3v) is 4.76. The third kappa shape index (κ3) is 5.44. The van der Waals surface area contributed by atoms with Crippen LogP contribution >= 0.6 is 0 Å². The molecule has 0 saturated carbocycles. The highest BCUT2D eigenvalue weighted by Gasteiger charge is 2.23. The van der Waals surface area contributed by atoms with Crippen molar-refractivity contribution in [3.8, 4) is 5.75 Å². The number of rotatable bonds is 9. The minimum absolute atomic E-state index is 0.0141. The molecule has 1 amide bonds. The summed E-state index contributed by atoms with van der Waals surface area (Å²) in [6, 6.07) is 14.4. The van der Waals surface area contributed by atoms with Crippen molar-refractivity contribution in [1.29, 1.82) is 0 Å². The first kappa shape index (κ1) is 22.4. The van der Waals surface area contributed by atoms with Crippen molar-refractivity contribution < 1.29 is 28.2 Å². The van der Waals surface area contributed by atoms with Crippen molar-refractivity contribution in [2.45, 2.75) is 39.5 Å². The zero-order chi connectivity index (χ0) is 22.4. The number of fused-ring (bicyclic) bond motifs is 1. The van der Waals surface area contributed by atoms with Gasteiger partial charge in [0.05, 0.1) is 25.9 Å². The lowest BCUT2D eigenvalue weighted by atomic mass is 10.1. The van der Waals surface area contributed by atoms with Gasteiger partial charge < -0.3 is 23.9 Å². The minimum Gasteiger partial charge on any atom is -0.496 e. The van der Waals surface area contributed by atoms with Crippen molar-refractivity contribution >= 4 is 22.8 Å². The van der Waals surface area contributed by atoms with Gasteiger partial charge >= 0.3 is 5.97 Å². The van der Waals surface area contributed by atoms with Gasteiger partial charge in [-0.15, -0.1) is 0 Å². The summed E-state index contributed by atoms with van der Waals surface area (Å²) in [5.41, 5.74) is 2.00. The molecule has 2 aromatic carbocycles. The molecule has 0 aliphatic heterocycles. The van der Waals surface area contributed by atoms with Crippen LogP contribution in [0.25, 0.3) is 11.0 Å². The lowest BCUT2D eigenvalue weighted by molar-refractivity contribution is -0.124. The molecule has 0 bridgehead atoms. The number of para-hydroxylation sites is 2. The Hall–Kier alpha value is -3.32. The SMILES string of the molecule is COc1ccccc1C(C)NC(=O)COC(=O)c1oc2ccccc2c1COC(C)C. The maximum atomic E-state index is 12.7. The summed E-state index contributed by atoms with van der Waals surface area (Å²) in [6.07, 6.45) is -0.0141. The summed E-state index contributed by atoms with van der Waals surface area (Å²) in [7, 11) is 1.57. The van der Waals surface area contributed by atoms with E-state index in [2.05, 4.69) is 5.32 Å². The highest BCUT2D eigenvalue weighted by atomic mass is 16.5. The molecule has 1 N–H and O–H groups in total. The van der Waals surface area contributed by atoms with E-state index in [9.17, 15) is 9.59 Å². The number of carbonyl (C=O) groups is 2. The summed E-state index contributed by atoms with van der Waals surface area (Å²) in [5, 5.41) is 3.59. The van der Waals surface area contributed by atoms with Crippen LogP contribution in [-0.4, -0.2) is 31.7 Å². The van der Waals surface area contributed by atoms with Crippen molar-refractivity contribution in [2.75, 3.05) is 13.7 Å². The van der Waals surface area contributed by atoms with E-state index in [1.807, 2.05) is 63.2 Å². The molecule has 3 rings (SSSR count). The Kier molecular flexibility index (Phi) is 7.31. The molecule has 0 aliphatic rings. The van der Waals surface area contributed by atoms with Crippen molar-refractivity contribution in [3.63, 3.8) is 0 Å². The van der Waals surface area contributed by atoms with Gasteiger partial charge in [-0.3, -0.25) is 4.79 Å². The molecule has 1 aromatic heterocycles. The molecule has 0 fully saturated rings. The zero-order valence-corrected chi connectivity index (χ0v) is 18.1. The summed E-state index contributed by atoms with van der Waals surface area (Å²) >= 11 is 0. The number of methoxy groups -OCH3 is 1. The Labute approximate surface area is 181 Å². The number of furan rings is 1. The van der Waals surface area contributed by atoms with Gasteiger partial charge in [-0.25, -0.2) is 4.79 Å². The predicted molar refractivity (Wildman–Crippen MR) is 116 cm³/mol. The maximum Gasteiger partial charge on any atom is 0.375 e. The fraction of sp³-hybridized carbons (Fsp3) is 0.333. The number of esters is 1. The monoisotopic (exact) mass is 425 g/mol.